The Morgan fingerprint density at radius 1 is 1.12 bits per heavy atom. The number of hydrogen-bond donors (Lipinski definition) is 1. The van der Waals surface area contributed by atoms with Crippen LogP contribution in [0.25, 0.3) is 0 Å². The number of anilines is 1. The number of amides is 3. The van der Waals surface area contributed by atoms with Crippen LogP contribution >= 0.6 is 27.5 Å². The van der Waals surface area contributed by atoms with E-state index in [0.717, 1.165) is 0 Å². The number of halogens is 2. The molecular weight excluding hydrogens is 750 g/mol. The van der Waals surface area contributed by atoms with Gasteiger partial charge in [-0.3, -0.25) is 19.2 Å². The zero-order valence-corrected chi connectivity index (χ0v) is 32.5. The second-order valence-corrected chi connectivity index (χ2v) is 16.0. The third kappa shape index (κ3) is 7.47. The van der Waals surface area contributed by atoms with E-state index < -0.39 is 65.6 Å². The Bertz CT molecular complexity index is 1640. The highest BCUT2D eigenvalue weighted by Gasteiger charge is 2.77. The minimum absolute atomic E-state index is 0.0837. The van der Waals surface area contributed by atoms with Gasteiger partial charge in [-0.2, -0.15) is 0 Å². The molecule has 9 atom stereocenters. The summed E-state index contributed by atoms with van der Waals surface area (Å²) >= 11 is 9.93. The number of hydrogen-bond acceptors (Lipinski definition) is 7. The Hall–Kier alpha value is -3.51. The number of carbonyl (C=O) groups is 4. The number of benzene rings is 2. The maximum Gasteiger partial charge on any atom is 0.313 e. The molecule has 3 amide bonds. The van der Waals surface area contributed by atoms with Crippen molar-refractivity contribution in [2.75, 3.05) is 25.1 Å². The van der Waals surface area contributed by atoms with Crippen molar-refractivity contribution in [3.63, 3.8) is 0 Å². The van der Waals surface area contributed by atoms with Gasteiger partial charge in [0.25, 0.3) is 5.91 Å². The molecule has 3 saturated heterocycles. The van der Waals surface area contributed by atoms with Crippen molar-refractivity contribution in [2.45, 2.75) is 87.2 Å². The van der Waals surface area contributed by atoms with Crippen LogP contribution in [-0.4, -0.2) is 93.5 Å². The minimum Gasteiger partial charge on any atom is -0.455 e. The van der Waals surface area contributed by atoms with Crippen LogP contribution in [0.2, 0.25) is 5.02 Å². The van der Waals surface area contributed by atoms with Crippen molar-refractivity contribution >= 4 is 56.9 Å². The molecule has 1 unspecified atom stereocenters. The summed E-state index contributed by atoms with van der Waals surface area (Å²) in [5.41, 5.74) is -0.150. The minimum atomic E-state index is -1.39. The zero-order valence-electron chi connectivity index (χ0n) is 30.2. The Morgan fingerprint density at radius 2 is 1.79 bits per heavy atom. The summed E-state index contributed by atoms with van der Waals surface area (Å²) in [5, 5.41) is 11.2. The van der Waals surface area contributed by atoms with Gasteiger partial charge in [0.15, 0.2) is 0 Å². The average molecular weight is 799 g/mol. The summed E-state index contributed by atoms with van der Waals surface area (Å²) in [4.78, 5) is 61.8. The van der Waals surface area contributed by atoms with Gasteiger partial charge in [-0.05, 0) is 61.9 Å². The quantitative estimate of drug-likeness (QED) is 0.124. The van der Waals surface area contributed by atoms with Gasteiger partial charge in [-0.1, -0.05) is 83.9 Å². The first-order valence-corrected chi connectivity index (χ1v) is 19.1. The van der Waals surface area contributed by atoms with Crippen LogP contribution in [0.4, 0.5) is 5.69 Å². The first-order valence-electron chi connectivity index (χ1n) is 17.9. The highest BCUT2D eigenvalue weighted by molar-refractivity contribution is 9.09. The number of aliphatic hydroxyl groups excluding tert-OH is 1. The summed E-state index contributed by atoms with van der Waals surface area (Å²) in [5.74, 6) is -3.65. The summed E-state index contributed by atoms with van der Waals surface area (Å²) < 4.78 is 13.1. The van der Waals surface area contributed by atoms with E-state index in [-0.39, 0.29) is 42.6 Å². The fourth-order valence-electron chi connectivity index (χ4n) is 8.17. The number of likely N-dealkylation sites (tertiary alicyclic amines) is 1. The summed E-state index contributed by atoms with van der Waals surface area (Å²) in [6.45, 7) is 13.1. The Morgan fingerprint density at radius 3 is 2.38 bits per heavy atom. The number of carbonyl (C=O) groups excluding carboxylic acids is 4. The molecule has 3 heterocycles. The molecule has 3 fully saturated rings. The second-order valence-electron chi connectivity index (χ2n) is 14.4. The molecule has 0 saturated carbocycles. The van der Waals surface area contributed by atoms with Crippen LogP contribution in [0.15, 0.2) is 79.9 Å². The molecule has 0 aromatic heterocycles. The Kier molecular flexibility index (Phi) is 12.7. The van der Waals surface area contributed by atoms with E-state index in [2.05, 4.69) is 29.1 Å². The number of alkyl halides is 1. The van der Waals surface area contributed by atoms with Gasteiger partial charge in [-0.15, -0.1) is 13.2 Å². The molecule has 1 N–H and O–H groups in total. The van der Waals surface area contributed by atoms with Crippen LogP contribution in [0.5, 0.6) is 0 Å². The van der Waals surface area contributed by atoms with Crippen molar-refractivity contribution in [2.24, 2.45) is 17.8 Å². The number of allylic oxidation sites excluding steroid dienone is 1. The lowest BCUT2D eigenvalue weighted by Crippen LogP contribution is -2.59. The van der Waals surface area contributed by atoms with E-state index in [4.69, 9.17) is 21.1 Å². The van der Waals surface area contributed by atoms with Crippen molar-refractivity contribution in [3.8, 4) is 0 Å². The molecular formula is C40H49BrClN3O7. The molecule has 1 spiro atoms. The summed E-state index contributed by atoms with van der Waals surface area (Å²) in [6, 6.07) is 13.6. The number of esters is 1. The number of likely N-dealkylation sites (N-methyl/N-ethyl adjacent to an activating group) is 1. The van der Waals surface area contributed by atoms with Crippen LogP contribution in [0.3, 0.4) is 0 Å². The van der Waals surface area contributed by atoms with Crippen molar-refractivity contribution in [3.05, 3.63) is 90.5 Å². The first-order chi connectivity index (χ1) is 24.8. The number of nitrogens with zero attached hydrogens (tertiary/aromatic N) is 3. The average Bonchev–Trinajstić information content (AvgIpc) is 3.73. The predicted octanol–water partition coefficient (Wildman–Crippen LogP) is 6.11. The van der Waals surface area contributed by atoms with Gasteiger partial charge in [0.1, 0.15) is 17.7 Å². The Balaban J connectivity index is 1.56. The molecule has 52 heavy (non-hydrogen) atoms. The molecule has 3 aliphatic rings. The molecule has 12 heteroatoms. The molecule has 0 aliphatic carbocycles. The number of ether oxygens (including phenoxy) is 2. The molecule has 2 bridgehead atoms. The van der Waals surface area contributed by atoms with Gasteiger partial charge in [0.2, 0.25) is 11.8 Å². The van der Waals surface area contributed by atoms with Gasteiger partial charge < -0.3 is 29.3 Å². The van der Waals surface area contributed by atoms with Gasteiger partial charge in [-0.25, -0.2) is 0 Å². The third-order valence-corrected chi connectivity index (χ3v) is 11.8. The fraction of sp³-hybridized carbons (Fsp3) is 0.500. The van der Waals surface area contributed by atoms with E-state index >= 15 is 0 Å². The van der Waals surface area contributed by atoms with Crippen molar-refractivity contribution in [1.29, 1.82) is 0 Å². The first kappa shape index (κ1) is 39.7. The molecule has 10 nitrogen and oxygen atoms in total. The molecule has 2 aromatic rings. The van der Waals surface area contributed by atoms with E-state index in [1.165, 1.54) is 9.80 Å². The Labute approximate surface area is 319 Å². The largest absolute Gasteiger partial charge is 0.455 e. The predicted molar refractivity (Wildman–Crippen MR) is 204 cm³/mol. The van der Waals surface area contributed by atoms with Gasteiger partial charge >= 0.3 is 5.97 Å². The number of fused-ring (bicyclic) bond motifs is 1. The number of rotatable bonds is 16. The summed E-state index contributed by atoms with van der Waals surface area (Å²) in [6.07, 6.45) is 3.13. The summed E-state index contributed by atoms with van der Waals surface area (Å²) in [7, 11) is 1.68. The van der Waals surface area contributed by atoms with Gasteiger partial charge in [0, 0.05) is 35.6 Å². The molecule has 280 valence electrons. The number of aliphatic hydroxyl groups is 1. The highest BCUT2D eigenvalue weighted by Crippen LogP contribution is 2.61. The lowest BCUT2D eigenvalue weighted by Gasteiger charge is -2.39. The second kappa shape index (κ2) is 16.7. The molecule has 3 aliphatic heterocycles. The highest BCUT2D eigenvalue weighted by atomic mass is 79.9. The SMILES string of the molecule is C=CCCC(=O)N(C)[C@@H](C)[C@@H](OC(=O)[C@H]1[C@@H]2O[C@@]3(CC2Br)[C@@H]1C(=O)N([C@@H](CO)CC(C)C)[C@@H]3C(=O)N(CC=C)c1ccc(Cl)cc1)c1ccccc1. The zero-order chi connectivity index (χ0) is 37.9. The maximum absolute atomic E-state index is 15.0. The topological polar surface area (TPSA) is 117 Å². The van der Waals surface area contributed by atoms with E-state index in [0.29, 0.717) is 29.1 Å². The standard InChI is InChI=1S/C40H49BrClN3O7/c1-7-9-15-31(47)43(6)25(5)34(26-13-11-10-12-14-26)51-39(50)32-33-37(48)45(29(23-46)21-24(3)4)36(40(33)22-30(41)35(32)52-40)38(49)44(20-8-2)28-18-16-27(42)17-19-28/h7-8,10-14,16-19,24-25,29-30,32-36,46H,1-2,9,15,20-23H2,3-6H3/t25-,29+,30?,32+,33-,34+,35+,36+,40-/m0/s1. The molecule has 5 rings (SSSR count). The lowest BCUT2D eigenvalue weighted by atomic mass is 9.70. The van der Waals surface area contributed by atoms with E-state index in [9.17, 15) is 24.3 Å². The van der Waals surface area contributed by atoms with Crippen molar-refractivity contribution < 1.29 is 33.8 Å². The normalized spacial score (nSPS) is 26.4. The fourth-order valence-corrected chi connectivity index (χ4v) is 9.24. The molecule has 0 radical (unpaired) electrons. The van der Waals surface area contributed by atoms with Crippen molar-refractivity contribution in [1.82, 2.24) is 9.80 Å². The van der Waals surface area contributed by atoms with Crippen LogP contribution in [0, 0.1) is 17.8 Å². The lowest BCUT2D eigenvalue weighted by molar-refractivity contribution is -0.165. The smallest absolute Gasteiger partial charge is 0.313 e. The van der Waals surface area contributed by atoms with Crippen LogP contribution < -0.4 is 4.90 Å². The monoisotopic (exact) mass is 797 g/mol. The van der Waals surface area contributed by atoms with Crippen LogP contribution in [-0.2, 0) is 28.7 Å². The molecule has 2 aromatic carbocycles. The van der Waals surface area contributed by atoms with Gasteiger partial charge in [0.05, 0.1) is 36.6 Å². The van der Waals surface area contributed by atoms with E-state index in [1.54, 1.807) is 48.4 Å². The van der Waals surface area contributed by atoms with Crippen LogP contribution in [0.1, 0.15) is 58.1 Å². The van der Waals surface area contributed by atoms with E-state index in [1.807, 2.05) is 51.1 Å². The third-order valence-electron chi connectivity index (χ3n) is 10.7. The maximum atomic E-state index is 15.0.